The van der Waals surface area contributed by atoms with Crippen LogP contribution in [0.1, 0.15) is 63.5 Å². The maximum atomic E-state index is 13.3. The number of thioether (sulfide) groups is 1. The maximum absolute atomic E-state index is 13.3. The lowest BCUT2D eigenvalue weighted by molar-refractivity contribution is -0.192. The zero-order chi connectivity index (χ0) is 30.5. The van der Waals surface area contributed by atoms with Crippen molar-refractivity contribution in [1.82, 2.24) is 9.80 Å². The largest absolute Gasteiger partial charge is 0.496 e. The minimum absolute atomic E-state index is 0.217. The van der Waals surface area contributed by atoms with Gasteiger partial charge in [0.1, 0.15) is 11.3 Å². The molecule has 0 unspecified atom stereocenters. The highest BCUT2D eigenvalue weighted by atomic mass is 32.2. The summed E-state index contributed by atoms with van der Waals surface area (Å²) < 4.78 is 42.7. The van der Waals surface area contributed by atoms with Gasteiger partial charge in [-0.3, -0.25) is 24.2 Å². The number of carbonyl (C=O) groups is 4. The van der Waals surface area contributed by atoms with Gasteiger partial charge in [-0.1, -0.05) is 32.3 Å². The van der Waals surface area contributed by atoms with Crippen molar-refractivity contribution in [2.75, 3.05) is 33.6 Å². The molecular weight excluding hydrogens is 565 g/mol. The monoisotopic (exact) mass is 602 g/mol. The molecular formula is C28H37F3N2O7S. The number of rotatable bonds is 9. The van der Waals surface area contributed by atoms with Gasteiger partial charge in [-0.25, -0.2) is 4.79 Å². The van der Waals surface area contributed by atoms with Gasteiger partial charge in [0.25, 0.3) is 0 Å². The van der Waals surface area contributed by atoms with Crippen LogP contribution in [0, 0.1) is 11.8 Å². The molecule has 4 atom stereocenters. The van der Waals surface area contributed by atoms with Crippen LogP contribution in [0.4, 0.5) is 13.2 Å². The fraction of sp³-hybridized carbons (Fsp3) is 0.643. The van der Waals surface area contributed by atoms with Crippen molar-refractivity contribution < 1.29 is 46.9 Å². The third kappa shape index (κ3) is 6.35. The van der Waals surface area contributed by atoms with Crippen molar-refractivity contribution in [1.29, 1.82) is 0 Å². The Hall–Kier alpha value is -2.80. The van der Waals surface area contributed by atoms with Gasteiger partial charge < -0.3 is 14.6 Å². The molecule has 3 saturated heterocycles. The van der Waals surface area contributed by atoms with Crippen LogP contribution in [-0.2, 0) is 23.9 Å². The molecule has 3 fully saturated rings. The third-order valence-electron chi connectivity index (χ3n) is 8.05. The zero-order valence-corrected chi connectivity index (χ0v) is 24.5. The Labute approximate surface area is 241 Å². The molecule has 13 heteroatoms. The summed E-state index contributed by atoms with van der Waals surface area (Å²) in [5.41, 5.74) is -0.189. The SMILES string of the molecule is CCCCCCSc1ccc([C@@H]2[C@@H]3C(=O)N(C)C(=O)[C@@H]3[C@]3(C(=O)OC)CCCCN23)cc1OC.O=C(O)C(F)(F)F. The normalized spacial score (nSPS) is 25.7. The lowest BCUT2D eigenvalue weighted by Crippen LogP contribution is -2.59. The average Bonchev–Trinajstić information content (AvgIpc) is 3.38. The first-order valence-corrected chi connectivity index (χ1v) is 14.6. The Morgan fingerprint density at radius 3 is 2.39 bits per heavy atom. The lowest BCUT2D eigenvalue weighted by atomic mass is 9.75. The number of benzene rings is 1. The van der Waals surface area contributed by atoms with E-state index in [9.17, 15) is 27.6 Å². The third-order valence-corrected chi connectivity index (χ3v) is 9.19. The molecule has 0 bridgehead atoms. The topological polar surface area (TPSA) is 113 Å². The van der Waals surface area contributed by atoms with Crippen LogP contribution in [0.5, 0.6) is 5.75 Å². The van der Waals surface area contributed by atoms with Crippen LogP contribution in [0.3, 0.4) is 0 Å². The molecule has 3 heterocycles. The van der Waals surface area contributed by atoms with Gasteiger partial charge in [-0.15, -0.1) is 11.8 Å². The van der Waals surface area contributed by atoms with E-state index in [1.165, 1.54) is 38.3 Å². The average molecular weight is 603 g/mol. The highest BCUT2D eigenvalue weighted by Gasteiger charge is 2.72. The number of amides is 2. The van der Waals surface area contributed by atoms with Crippen molar-refractivity contribution in [3.63, 3.8) is 0 Å². The van der Waals surface area contributed by atoms with E-state index in [1.807, 2.05) is 12.1 Å². The highest BCUT2D eigenvalue weighted by Crippen LogP contribution is 2.58. The van der Waals surface area contributed by atoms with Crippen molar-refractivity contribution in [3.8, 4) is 5.75 Å². The molecule has 0 aromatic heterocycles. The molecule has 3 aliphatic heterocycles. The van der Waals surface area contributed by atoms with E-state index >= 15 is 0 Å². The van der Waals surface area contributed by atoms with E-state index in [2.05, 4.69) is 17.9 Å². The number of halogens is 3. The van der Waals surface area contributed by atoms with E-state index in [1.54, 1.807) is 18.9 Å². The second-order valence-electron chi connectivity index (χ2n) is 10.4. The summed E-state index contributed by atoms with van der Waals surface area (Å²) in [4.78, 5) is 53.1. The molecule has 228 valence electrons. The summed E-state index contributed by atoms with van der Waals surface area (Å²) in [6, 6.07) is 5.72. The molecule has 3 aliphatic rings. The summed E-state index contributed by atoms with van der Waals surface area (Å²) in [6.45, 7) is 2.85. The van der Waals surface area contributed by atoms with Crippen molar-refractivity contribution in [2.24, 2.45) is 11.8 Å². The molecule has 0 saturated carbocycles. The Kier molecular flexibility index (Phi) is 10.7. The minimum atomic E-state index is -5.08. The number of hydrogen-bond acceptors (Lipinski definition) is 8. The van der Waals surface area contributed by atoms with Gasteiger partial charge in [-0.2, -0.15) is 13.2 Å². The van der Waals surface area contributed by atoms with E-state index < -0.39 is 35.5 Å². The predicted octanol–water partition coefficient (Wildman–Crippen LogP) is 4.68. The number of imide groups is 1. The smallest absolute Gasteiger partial charge is 0.490 e. The molecule has 0 aliphatic carbocycles. The van der Waals surface area contributed by atoms with Crippen molar-refractivity contribution in [3.05, 3.63) is 23.8 Å². The van der Waals surface area contributed by atoms with Crippen LogP contribution in [0.25, 0.3) is 0 Å². The maximum Gasteiger partial charge on any atom is 0.490 e. The molecule has 0 spiro atoms. The Morgan fingerprint density at radius 2 is 1.80 bits per heavy atom. The van der Waals surface area contributed by atoms with Gasteiger partial charge in [0.15, 0.2) is 0 Å². The number of likely N-dealkylation sites (tertiary alicyclic amines) is 1. The molecule has 41 heavy (non-hydrogen) atoms. The number of aliphatic carboxylic acids is 1. The van der Waals surface area contributed by atoms with Crippen molar-refractivity contribution in [2.45, 2.75) is 74.5 Å². The number of alkyl halides is 3. The first kappa shape index (κ1) is 32.7. The van der Waals surface area contributed by atoms with Crippen LogP contribution in [0.15, 0.2) is 23.1 Å². The quantitative estimate of drug-likeness (QED) is 0.186. The number of carboxylic acids is 1. The number of nitrogens with zero attached hydrogens (tertiary/aromatic N) is 2. The second kappa shape index (κ2) is 13.5. The zero-order valence-electron chi connectivity index (χ0n) is 23.7. The van der Waals surface area contributed by atoms with Gasteiger partial charge in [0, 0.05) is 18.0 Å². The molecule has 1 N–H and O–H groups in total. The number of esters is 1. The minimum Gasteiger partial charge on any atom is -0.496 e. The van der Waals surface area contributed by atoms with E-state index in [0.29, 0.717) is 13.0 Å². The number of hydrogen-bond donors (Lipinski definition) is 1. The number of ether oxygens (including phenoxy) is 2. The summed E-state index contributed by atoms with van der Waals surface area (Å²) >= 11 is 1.78. The Balaban J connectivity index is 0.000000587. The highest BCUT2D eigenvalue weighted by molar-refractivity contribution is 7.99. The summed E-state index contributed by atoms with van der Waals surface area (Å²) in [5.74, 6) is -3.19. The predicted molar refractivity (Wildman–Crippen MR) is 144 cm³/mol. The van der Waals surface area contributed by atoms with Gasteiger partial charge >= 0.3 is 18.1 Å². The van der Waals surface area contributed by atoms with Crippen LogP contribution >= 0.6 is 11.8 Å². The molecule has 9 nitrogen and oxygen atoms in total. The first-order chi connectivity index (χ1) is 19.4. The van der Waals surface area contributed by atoms with Crippen LogP contribution in [-0.4, -0.2) is 83.9 Å². The molecule has 0 radical (unpaired) electrons. The Bertz CT molecular complexity index is 1150. The van der Waals surface area contributed by atoms with Crippen LogP contribution in [0.2, 0.25) is 0 Å². The first-order valence-electron chi connectivity index (χ1n) is 13.6. The van der Waals surface area contributed by atoms with E-state index in [-0.39, 0.29) is 17.9 Å². The number of methoxy groups -OCH3 is 2. The Morgan fingerprint density at radius 1 is 1.12 bits per heavy atom. The second-order valence-corrected chi connectivity index (χ2v) is 11.5. The van der Waals surface area contributed by atoms with E-state index in [4.69, 9.17) is 19.4 Å². The lowest BCUT2D eigenvalue weighted by Gasteiger charge is -2.44. The number of carboxylic acid groups (broad SMARTS) is 1. The standard InChI is InChI=1S/C26H36N2O5S.C2HF3O2/c1-5-6-7-10-15-34-19-12-11-17(16-18(19)32-3)22-20-21(24(30)27(2)23(20)29)26(25(31)33-4)13-8-9-14-28(22)26;3-2(4,5)1(6)7/h11-12,16,20-22H,5-10,13-15H2,1-4H3;(H,6,7)/t20-,21-,22-,26+;/m1./s1. The van der Waals surface area contributed by atoms with Gasteiger partial charge in [0.2, 0.25) is 11.8 Å². The van der Waals surface area contributed by atoms with E-state index in [0.717, 1.165) is 41.2 Å². The summed E-state index contributed by atoms with van der Waals surface area (Å²) in [6.07, 6.45) is 2.02. The molecule has 4 rings (SSSR count). The van der Waals surface area contributed by atoms with Crippen LogP contribution < -0.4 is 4.74 Å². The number of carbonyl (C=O) groups excluding carboxylic acids is 3. The number of unbranched alkanes of at least 4 members (excludes halogenated alkanes) is 3. The summed E-state index contributed by atoms with van der Waals surface area (Å²) in [7, 11) is 4.55. The van der Waals surface area contributed by atoms with Gasteiger partial charge in [-0.05, 0) is 55.7 Å². The number of piperidine rings is 1. The van der Waals surface area contributed by atoms with Gasteiger partial charge in [0.05, 0.1) is 26.1 Å². The number of fused-ring (bicyclic) bond motifs is 3. The van der Waals surface area contributed by atoms with Crippen molar-refractivity contribution >= 4 is 35.5 Å². The molecule has 1 aromatic rings. The fourth-order valence-corrected chi connectivity index (χ4v) is 7.22. The molecule has 1 aromatic carbocycles. The molecule has 2 amide bonds. The summed E-state index contributed by atoms with van der Waals surface area (Å²) in [5, 5.41) is 7.12. The fourth-order valence-electron chi connectivity index (χ4n) is 6.20.